The highest BCUT2D eigenvalue weighted by atomic mass is 79.9. The Kier molecular flexibility index (Phi) is 8.25. The lowest BCUT2D eigenvalue weighted by Crippen LogP contribution is -2.30. The molecule has 5 rings (SSSR count). The number of benzene rings is 4. The summed E-state index contributed by atoms with van der Waals surface area (Å²) in [5.74, 6) is 1.17. The number of rotatable bonds is 9. The summed E-state index contributed by atoms with van der Waals surface area (Å²) in [5.41, 5.74) is 3.93. The van der Waals surface area contributed by atoms with E-state index in [1.807, 2.05) is 49.4 Å². The van der Waals surface area contributed by atoms with Gasteiger partial charge >= 0.3 is 0 Å². The molecule has 0 unspecified atom stereocenters. The quantitative estimate of drug-likeness (QED) is 0.196. The fourth-order valence-electron chi connectivity index (χ4n) is 4.23. The zero-order valence-corrected chi connectivity index (χ0v) is 23.7. The van der Waals surface area contributed by atoms with Gasteiger partial charge in [-0.05, 0) is 77.2 Å². The van der Waals surface area contributed by atoms with Crippen LogP contribution in [0.1, 0.15) is 30.5 Å². The molecule has 0 radical (unpaired) electrons. The van der Waals surface area contributed by atoms with Crippen molar-refractivity contribution < 1.29 is 14.3 Å². The maximum Gasteiger partial charge on any atom is 0.260 e. The highest BCUT2D eigenvalue weighted by molar-refractivity contribution is 9.10. The topological polar surface area (TPSA) is 59.6 Å². The number of aryl methyl sites for hydroxylation is 1. The number of hydrogen-bond acceptors (Lipinski definition) is 5. The molecule has 1 heterocycles. The second kappa shape index (κ2) is 12.0. The van der Waals surface area contributed by atoms with Gasteiger partial charge in [0.25, 0.3) is 5.91 Å². The number of halogens is 1. The van der Waals surface area contributed by atoms with E-state index in [4.69, 9.17) is 9.47 Å². The van der Waals surface area contributed by atoms with E-state index in [9.17, 15) is 4.79 Å². The van der Waals surface area contributed by atoms with E-state index in [-0.39, 0.29) is 11.4 Å². The van der Waals surface area contributed by atoms with Gasteiger partial charge in [-0.2, -0.15) is 0 Å². The van der Waals surface area contributed by atoms with E-state index in [0.717, 1.165) is 27.7 Å². The van der Waals surface area contributed by atoms with E-state index in [2.05, 4.69) is 76.0 Å². The molecule has 0 aromatic heterocycles. The van der Waals surface area contributed by atoms with Crippen LogP contribution in [0, 0.1) is 0 Å². The molecule has 1 atom stereocenters. The number of amides is 1. The summed E-state index contributed by atoms with van der Waals surface area (Å²) in [5, 5.41) is 8.75. The second-order valence-corrected chi connectivity index (χ2v) is 10.9. The van der Waals surface area contributed by atoms with Crippen molar-refractivity contribution >= 4 is 56.1 Å². The zero-order chi connectivity index (χ0) is 26.5. The van der Waals surface area contributed by atoms with E-state index >= 15 is 0 Å². The average Bonchev–Trinajstić information content (AvgIpc) is 3.28. The van der Waals surface area contributed by atoms with Crippen LogP contribution < -0.4 is 20.1 Å². The molecule has 7 heteroatoms. The molecule has 1 aliphatic rings. The largest absolute Gasteiger partial charge is 0.490 e. The minimum absolute atomic E-state index is 0.112. The van der Waals surface area contributed by atoms with Crippen LogP contribution >= 0.6 is 27.7 Å². The molecule has 5 nitrogen and oxygen atoms in total. The summed E-state index contributed by atoms with van der Waals surface area (Å²) >= 11 is 5.12. The second-order valence-electron chi connectivity index (χ2n) is 8.90. The Morgan fingerprint density at radius 2 is 1.66 bits per heavy atom. The van der Waals surface area contributed by atoms with Crippen molar-refractivity contribution in [2.75, 3.05) is 11.9 Å². The van der Waals surface area contributed by atoms with Crippen LogP contribution in [0.25, 0.3) is 16.8 Å². The van der Waals surface area contributed by atoms with Crippen molar-refractivity contribution in [2.24, 2.45) is 0 Å². The van der Waals surface area contributed by atoms with Crippen LogP contribution in [0.4, 0.5) is 5.69 Å². The van der Waals surface area contributed by atoms with Gasteiger partial charge in [0, 0.05) is 10.2 Å². The first-order chi connectivity index (χ1) is 18.5. The first kappa shape index (κ1) is 26.2. The normalized spacial score (nSPS) is 16.0. The molecule has 0 saturated carbocycles. The Morgan fingerprint density at radius 1 is 0.921 bits per heavy atom. The summed E-state index contributed by atoms with van der Waals surface area (Å²) < 4.78 is 12.9. The molecule has 1 aliphatic heterocycles. The number of ether oxygens (including phenoxy) is 2. The average molecular weight is 590 g/mol. The minimum Gasteiger partial charge on any atom is -0.490 e. The van der Waals surface area contributed by atoms with Gasteiger partial charge in [-0.1, -0.05) is 83.1 Å². The molecule has 4 aromatic rings. The van der Waals surface area contributed by atoms with Crippen LogP contribution in [-0.4, -0.2) is 18.0 Å². The third-order valence-electron chi connectivity index (χ3n) is 6.25. The summed E-state index contributed by atoms with van der Waals surface area (Å²) in [6.07, 6.45) is 2.87. The highest BCUT2D eigenvalue weighted by Gasteiger charge is 2.27. The number of carbonyl (C=O) groups excluding carboxylic acids is 1. The molecular formula is C31H29BrN2O3S. The molecule has 1 fully saturated rings. The summed E-state index contributed by atoms with van der Waals surface area (Å²) in [6, 6.07) is 26.7. The van der Waals surface area contributed by atoms with Crippen LogP contribution in [-0.2, 0) is 17.8 Å². The monoisotopic (exact) mass is 588 g/mol. The predicted octanol–water partition coefficient (Wildman–Crippen LogP) is 7.74. The predicted molar refractivity (Wildman–Crippen MR) is 161 cm³/mol. The molecule has 1 amide bonds. The lowest BCUT2D eigenvalue weighted by Gasteiger charge is -2.15. The van der Waals surface area contributed by atoms with E-state index in [1.54, 1.807) is 0 Å². The third-order valence-corrected chi connectivity index (χ3v) is 7.96. The van der Waals surface area contributed by atoms with Gasteiger partial charge in [-0.15, -0.1) is 0 Å². The van der Waals surface area contributed by atoms with E-state index < -0.39 is 0 Å². The number of hydrogen-bond donors (Lipinski definition) is 2. The maximum absolute atomic E-state index is 12.7. The smallest absolute Gasteiger partial charge is 0.260 e. The SMILES string of the molecule is CCOc1cc(/C=C2\S[C@H](Nc3ccc(CC)cc3)NC2=O)c(Br)cc1OCc1ccc2ccccc2c1. The zero-order valence-electron chi connectivity index (χ0n) is 21.3. The Labute approximate surface area is 235 Å². The number of anilines is 1. The Hall–Kier alpha value is -3.42. The van der Waals surface area contributed by atoms with Crippen LogP contribution in [0.5, 0.6) is 11.5 Å². The molecule has 38 heavy (non-hydrogen) atoms. The van der Waals surface area contributed by atoms with E-state index in [1.165, 1.54) is 28.1 Å². The summed E-state index contributed by atoms with van der Waals surface area (Å²) in [6.45, 7) is 4.99. The standard InChI is InChI=1S/C31H29BrN2O3S/c1-3-20-10-13-25(14-11-20)33-31-34-30(35)29(38-31)17-24-16-27(36-4-2)28(18-26(24)32)37-19-21-9-12-22-7-5-6-8-23(22)15-21/h5-18,31,33H,3-4,19H2,1-2H3,(H,34,35)/b29-17-/t31-/m1/s1. The van der Waals surface area contributed by atoms with Crippen molar-refractivity contribution in [1.29, 1.82) is 0 Å². The number of carbonyl (C=O) groups is 1. The first-order valence-electron chi connectivity index (χ1n) is 12.6. The minimum atomic E-state index is -0.240. The van der Waals surface area contributed by atoms with Crippen molar-refractivity contribution in [1.82, 2.24) is 5.32 Å². The fraction of sp³-hybridized carbons (Fsp3) is 0.194. The molecule has 2 N–H and O–H groups in total. The number of fused-ring (bicyclic) bond motifs is 1. The van der Waals surface area contributed by atoms with Gasteiger partial charge in [-0.25, -0.2) is 0 Å². The van der Waals surface area contributed by atoms with Gasteiger partial charge in [0.1, 0.15) is 6.61 Å². The molecule has 0 aliphatic carbocycles. The van der Waals surface area contributed by atoms with Gasteiger partial charge in [-0.3, -0.25) is 4.79 Å². The van der Waals surface area contributed by atoms with Crippen LogP contribution in [0.2, 0.25) is 0 Å². The fourth-order valence-corrected chi connectivity index (χ4v) is 5.64. The lowest BCUT2D eigenvalue weighted by molar-refractivity contribution is -0.116. The van der Waals surface area contributed by atoms with Gasteiger partial charge in [0.2, 0.25) is 0 Å². The van der Waals surface area contributed by atoms with Crippen molar-refractivity contribution in [2.45, 2.75) is 32.4 Å². The maximum atomic E-state index is 12.7. The van der Waals surface area contributed by atoms with Crippen LogP contribution in [0.15, 0.2) is 88.2 Å². The first-order valence-corrected chi connectivity index (χ1v) is 14.3. The highest BCUT2D eigenvalue weighted by Crippen LogP contribution is 2.38. The third kappa shape index (κ3) is 6.17. The molecule has 194 valence electrons. The molecule has 1 saturated heterocycles. The van der Waals surface area contributed by atoms with Gasteiger partial charge < -0.3 is 20.1 Å². The van der Waals surface area contributed by atoms with Gasteiger partial charge in [0.05, 0.1) is 11.5 Å². The molecule has 0 bridgehead atoms. The van der Waals surface area contributed by atoms with E-state index in [0.29, 0.717) is 29.6 Å². The van der Waals surface area contributed by atoms with Crippen molar-refractivity contribution in [3.8, 4) is 11.5 Å². The van der Waals surface area contributed by atoms with Crippen molar-refractivity contribution in [3.63, 3.8) is 0 Å². The van der Waals surface area contributed by atoms with Crippen molar-refractivity contribution in [3.05, 3.63) is 105 Å². The molecular weight excluding hydrogens is 560 g/mol. The Morgan fingerprint density at radius 3 is 2.42 bits per heavy atom. The Balaban J connectivity index is 1.31. The molecule has 0 spiro atoms. The summed E-state index contributed by atoms with van der Waals surface area (Å²) in [7, 11) is 0. The summed E-state index contributed by atoms with van der Waals surface area (Å²) in [4.78, 5) is 13.3. The molecule has 4 aromatic carbocycles. The number of nitrogens with one attached hydrogen (secondary N) is 2. The number of thioether (sulfide) groups is 1. The van der Waals surface area contributed by atoms with Gasteiger partial charge in [0.15, 0.2) is 17.0 Å². The van der Waals surface area contributed by atoms with Crippen LogP contribution in [0.3, 0.4) is 0 Å². The Bertz CT molecular complexity index is 1490. The lowest BCUT2D eigenvalue weighted by atomic mass is 10.1.